The number of amides is 1. The van der Waals surface area contributed by atoms with E-state index in [4.69, 9.17) is 0 Å². The number of phenols is 1. The van der Waals surface area contributed by atoms with Gasteiger partial charge in [0.05, 0.1) is 0 Å². The summed E-state index contributed by atoms with van der Waals surface area (Å²) < 4.78 is 0. The van der Waals surface area contributed by atoms with Crippen LogP contribution in [-0.4, -0.2) is 27.3 Å². The minimum absolute atomic E-state index is 0.0331. The van der Waals surface area contributed by atoms with Gasteiger partial charge in [-0.3, -0.25) is 14.6 Å². The van der Waals surface area contributed by atoms with Gasteiger partial charge in [0.2, 0.25) is 0 Å². The van der Waals surface area contributed by atoms with Crippen LogP contribution in [0.25, 0.3) is 0 Å². The van der Waals surface area contributed by atoms with Crippen molar-refractivity contribution < 1.29 is 14.7 Å². The van der Waals surface area contributed by atoms with Gasteiger partial charge in [0.15, 0.2) is 0 Å². The molecule has 1 aromatic heterocycles. The number of aromatic hydroxyl groups is 1. The lowest BCUT2D eigenvalue weighted by Crippen LogP contribution is -2.40. The molecule has 0 saturated heterocycles. The molecule has 0 aliphatic carbocycles. The van der Waals surface area contributed by atoms with Gasteiger partial charge in [0.1, 0.15) is 17.2 Å². The van der Waals surface area contributed by atoms with E-state index in [1.165, 1.54) is 6.20 Å². The number of nitrogens with zero attached hydrogens (tertiary/aromatic N) is 1. The normalized spacial score (nSPS) is 11.2. The summed E-state index contributed by atoms with van der Waals surface area (Å²) in [7, 11) is 0. The summed E-state index contributed by atoms with van der Waals surface area (Å²) >= 11 is 0. The number of hydrogen-bond acceptors (Lipinski definition) is 4. The van der Waals surface area contributed by atoms with E-state index < -0.39 is 0 Å². The fourth-order valence-electron chi connectivity index (χ4n) is 2.47. The summed E-state index contributed by atoms with van der Waals surface area (Å²) in [6.07, 6.45) is 1.87. The molecule has 0 aliphatic heterocycles. The summed E-state index contributed by atoms with van der Waals surface area (Å²) in [6.45, 7) is 7.60. The van der Waals surface area contributed by atoms with Crippen LogP contribution < -0.4 is 5.32 Å². The van der Waals surface area contributed by atoms with Crippen molar-refractivity contribution in [3.8, 4) is 5.75 Å². The molecule has 0 atom stereocenters. The van der Waals surface area contributed by atoms with E-state index in [0.29, 0.717) is 11.3 Å². The van der Waals surface area contributed by atoms with Crippen LogP contribution in [0.15, 0.2) is 36.5 Å². The fourth-order valence-corrected chi connectivity index (χ4v) is 2.47. The summed E-state index contributed by atoms with van der Waals surface area (Å²) in [6, 6.07) is 8.56. The predicted octanol–water partition coefficient (Wildman–Crippen LogP) is 2.98. The van der Waals surface area contributed by atoms with Gasteiger partial charge in [-0.1, -0.05) is 17.7 Å². The van der Waals surface area contributed by atoms with E-state index in [-0.39, 0.29) is 35.8 Å². The molecule has 5 nitrogen and oxygen atoms in total. The SMILES string of the molecule is Cc1ccc(O)c(CC(=O)Cc2ccnc(C(=O)NC(C)(C)C)c2)c1. The number of phenolic OH excluding ortho intramolecular Hbond substituents is 1. The van der Waals surface area contributed by atoms with Gasteiger partial charge in [-0.05, 0) is 51.5 Å². The molecule has 2 aromatic rings. The number of carbonyl (C=O) groups is 2. The monoisotopic (exact) mass is 340 g/mol. The molecule has 132 valence electrons. The van der Waals surface area contributed by atoms with Crippen LogP contribution in [0, 0.1) is 6.92 Å². The maximum Gasteiger partial charge on any atom is 0.270 e. The number of carbonyl (C=O) groups excluding carboxylic acids is 2. The lowest BCUT2D eigenvalue weighted by Gasteiger charge is -2.20. The van der Waals surface area contributed by atoms with Crippen molar-refractivity contribution in [2.75, 3.05) is 0 Å². The van der Waals surface area contributed by atoms with Crippen LogP contribution in [-0.2, 0) is 17.6 Å². The van der Waals surface area contributed by atoms with Crippen LogP contribution >= 0.6 is 0 Å². The van der Waals surface area contributed by atoms with Gasteiger partial charge in [-0.2, -0.15) is 0 Å². The number of pyridine rings is 1. The summed E-state index contributed by atoms with van der Waals surface area (Å²) in [4.78, 5) is 28.6. The molecule has 0 bridgehead atoms. The second-order valence-electron chi connectivity index (χ2n) is 7.28. The third-order valence-corrected chi connectivity index (χ3v) is 3.57. The Morgan fingerprint density at radius 1 is 1.12 bits per heavy atom. The molecule has 25 heavy (non-hydrogen) atoms. The largest absolute Gasteiger partial charge is 0.508 e. The Kier molecular flexibility index (Phi) is 5.57. The summed E-state index contributed by atoms with van der Waals surface area (Å²) in [5.74, 6) is -0.175. The number of ketones is 1. The van der Waals surface area contributed by atoms with Crippen LogP contribution in [0.4, 0.5) is 0 Å². The lowest BCUT2D eigenvalue weighted by molar-refractivity contribution is -0.117. The molecule has 1 heterocycles. The molecule has 0 aliphatic rings. The lowest BCUT2D eigenvalue weighted by atomic mass is 10.0. The molecule has 2 rings (SSSR count). The Bertz CT molecular complexity index is 792. The second kappa shape index (κ2) is 7.47. The second-order valence-corrected chi connectivity index (χ2v) is 7.28. The van der Waals surface area contributed by atoms with E-state index in [1.807, 2.05) is 33.8 Å². The molecule has 5 heteroatoms. The highest BCUT2D eigenvalue weighted by molar-refractivity contribution is 5.93. The minimum atomic E-state index is -0.354. The highest BCUT2D eigenvalue weighted by Gasteiger charge is 2.17. The van der Waals surface area contributed by atoms with Gasteiger partial charge in [-0.25, -0.2) is 0 Å². The zero-order valence-electron chi connectivity index (χ0n) is 15.1. The molecule has 1 aromatic carbocycles. The Morgan fingerprint density at radius 3 is 2.52 bits per heavy atom. The van der Waals surface area contributed by atoms with Gasteiger partial charge < -0.3 is 10.4 Å². The van der Waals surface area contributed by atoms with Crippen molar-refractivity contribution in [1.82, 2.24) is 10.3 Å². The van der Waals surface area contributed by atoms with E-state index in [2.05, 4.69) is 10.3 Å². The standard InChI is InChI=1S/C20H24N2O3/c1-13-5-6-18(24)15(9-13)12-16(23)10-14-7-8-21-17(11-14)19(25)22-20(2,3)4/h5-9,11,24H,10,12H2,1-4H3,(H,22,25). The molecule has 0 spiro atoms. The van der Waals surface area contributed by atoms with Crippen molar-refractivity contribution >= 4 is 11.7 Å². The van der Waals surface area contributed by atoms with Crippen molar-refractivity contribution in [2.45, 2.75) is 46.1 Å². The molecule has 2 N–H and O–H groups in total. The number of rotatable bonds is 5. The Labute approximate surface area is 148 Å². The first kappa shape index (κ1) is 18.6. The third kappa shape index (κ3) is 5.71. The molecular weight excluding hydrogens is 316 g/mol. The van der Waals surface area contributed by atoms with Gasteiger partial charge >= 0.3 is 0 Å². The average Bonchev–Trinajstić information content (AvgIpc) is 2.49. The Morgan fingerprint density at radius 2 is 1.84 bits per heavy atom. The summed E-state index contributed by atoms with van der Waals surface area (Å²) in [5.41, 5.74) is 2.27. The maximum atomic E-state index is 12.3. The van der Waals surface area contributed by atoms with Crippen LogP contribution in [0.3, 0.4) is 0 Å². The van der Waals surface area contributed by atoms with Crippen molar-refractivity contribution in [3.05, 3.63) is 58.9 Å². The molecule has 0 fully saturated rings. The van der Waals surface area contributed by atoms with Gasteiger partial charge in [0.25, 0.3) is 5.91 Å². The highest BCUT2D eigenvalue weighted by atomic mass is 16.3. The van der Waals surface area contributed by atoms with Gasteiger partial charge in [0, 0.05) is 30.1 Å². The average molecular weight is 340 g/mol. The number of hydrogen-bond donors (Lipinski definition) is 2. The predicted molar refractivity (Wildman–Crippen MR) is 96.7 cm³/mol. The highest BCUT2D eigenvalue weighted by Crippen LogP contribution is 2.19. The fraction of sp³-hybridized carbons (Fsp3) is 0.350. The summed E-state index contributed by atoms with van der Waals surface area (Å²) in [5, 5.41) is 12.7. The van der Waals surface area contributed by atoms with E-state index in [1.54, 1.807) is 24.3 Å². The van der Waals surface area contributed by atoms with E-state index >= 15 is 0 Å². The van der Waals surface area contributed by atoms with E-state index in [9.17, 15) is 14.7 Å². The molecule has 1 amide bonds. The first-order valence-electron chi connectivity index (χ1n) is 8.22. The number of nitrogens with one attached hydrogen (secondary N) is 1. The van der Waals surface area contributed by atoms with Crippen molar-refractivity contribution in [3.63, 3.8) is 0 Å². The topological polar surface area (TPSA) is 79.3 Å². The first-order valence-corrected chi connectivity index (χ1v) is 8.22. The van der Waals surface area contributed by atoms with Crippen molar-refractivity contribution in [2.24, 2.45) is 0 Å². The van der Waals surface area contributed by atoms with Gasteiger partial charge in [-0.15, -0.1) is 0 Å². The van der Waals surface area contributed by atoms with Crippen LogP contribution in [0.2, 0.25) is 0 Å². The van der Waals surface area contributed by atoms with Crippen molar-refractivity contribution in [1.29, 1.82) is 0 Å². The number of Topliss-reactive ketones (excluding diaryl/α,β-unsaturated/α-hetero) is 1. The minimum Gasteiger partial charge on any atom is -0.508 e. The zero-order chi connectivity index (χ0) is 18.6. The van der Waals surface area contributed by atoms with E-state index in [0.717, 1.165) is 11.1 Å². The Hall–Kier alpha value is -2.69. The van der Waals surface area contributed by atoms with Crippen LogP contribution in [0.5, 0.6) is 5.75 Å². The number of benzene rings is 1. The zero-order valence-corrected chi connectivity index (χ0v) is 15.1. The molecule has 0 unspecified atom stereocenters. The smallest absolute Gasteiger partial charge is 0.270 e. The maximum absolute atomic E-state index is 12.3. The third-order valence-electron chi connectivity index (χ3n) is 3.57. The number of aryl methyl sites for hydroxylation is 1. The first-order chi connectivity index (χ1) is 11.6. The molecule has 0 radical (unpaired) electrons. The molecular formula is C20H24N2O3. The molecule has 0 saturated carbocycles. The number of aromatic nitrogens is 1. The Balaban J connectivity index is 2.07. The van der Waals surface area contributed by atoms with Crippen LogP contribution in [0.1, 0.15) is 48.0 Å². The quantitative estimate of drug-likeness (QED) is 0.877.